The van der Waals surface area contributed by atoms with E-state index < -0.39 is 5.97 Å². The lowest BCUT2D eigenvalue weighted by Crippen LogP contribution is -2.03. The summed E-state index contributed by atoms with van der Waals surface area (Å²) in [7, 11) is 1.21. The lowest BCUT2D eigenvalue weighted by atomic mass is 10.3. The van der Waals surface area contributed by atoms with Gasteiger partial charge in [0, 0.05) is 12.3 Å². The number of carbonyl (C=O) groups is 1. The van der Waals surface area contributed by atoms with Crippen molar-refractivity contribution in [3.05, 3.63) is 23.0 Å². The van der Waals surface area contributed by atoms with Crippen LogP contribution >= 0.6 is 11.6 Å². The van der Waals surface area contributed by atoms with Gasteiger partial charge in [-0.1, -0.05) is 11.6 Å². The van der Waals surface area contributed by atoms with E-state index in [2.05, 4.69) is 9.72 Å². The molecule has 0 bridgehead atoms. The number of carbonyl (C=O) groups excluding carboxylic acids is 1. The van der Waals surface area contributed by atoms with E-state index in [1.54, 1.807) is 0 Å². The lowest BCUT2D eigenvalue weighted by Gasteiger charge is -2.00. The number of methoxy groups -OCH3 is 1. The highest BCUT2D eigenvalue weighted by Gasteiger charge is 2.12. The van der Waals surface area contributed by atoms with E-state index in [4.69, 9.17) is 16.7 Å². The van der Waals surface area contributed by atoms with Crippen molar-refractivity contribution in [1.29, 1.82) is 0 Å². The van der Waals surface area contributed by atoms with Crippen molar-refractivity contribution in [2.45, 2.75) is 0 Å². The first-order chi connectivity index (χ1) is 5.65. The van der Waals surface area contributed by atoms with Crippen LogP contribution in [0, 0.1) is 0 Å². The van der Waals surface area contributed by atoms with E-state index in [1.165, 1.54) is 19.4 Å². The van der Waals surface area contributed by atoms with E-state index >= 15 is 0 Å². The molecule has 0 amide bonds. The number of halogens is 1. The molecule has 0 fully saturated rings. The van der Waals surface area contributed by atoms with Gasteiger partial charge in [-0.15, -0.1) is 0 Å². The molecule has 0 aromatic carbocycles. The number of rotatable bonds is 1. The van der Waals surface area contributed by atoms with Crippen molar-refractivity contribution < 1.29 is 14.6 Å². The molecule has 0 aliphatic rings. The average molecular weight is 188 g/mol. The van der Waals surface area contributed by atoms with Gasteiger partial charge in [0.25, 0.3) is 0 Å². The number of pyridine rings is 1. The second-order valence-electron chi connectivity index (χ2n) is 2.01. The van der Waals surface area contributed by atoms with Crippen LogP contribution in [-0.2, 0) is 4.74 Å². The molecule has 5 heteroatoms. The van der Waals surface area contributed by atoms with E-state index in [1.807, 2.05) is 0 Å². The Kier molecular flexibility index (Phi) is 2.50. The van der Waals surface area contributed by atoms with Crippen molar-refractivity contribution in [3.63, 3.8) is 0 Å². The Labute approximate surface area is 73.8 Å². The fraction of sp³-hybridized carbons (Fsp3) is 0.143. The molecule has 0 saturated carbocycles. The molecule has 4 nitrogen and oxygen atoms in total. The maximum Gasteiger partial charge on any atom is 0.360 e. The van der Waals surface area contributed by atoms with Crippen LogP contribution in [0.3, 0.4) is 0 Å². The van der Waals surface area contributed by atoms with Crippen molar-refractivity contribution in [3.8, 4) is 5.75 Å². The van der Waals surface area contributed by atoms with Crippen LogP contribution in [0.1, 0.15) is 10.5 Å². The molecule has 1 aromatic heterocycles. The monoisotopic (exact) mass is 187 g/mol. The van der Waals surface area contributed by atoms with Crippen LogP contribution in [0.15, 0.2) is 12.3 Å². The van der Waals surface area contributed by atoms with Crippen molar-refractivity contribution >= 4 is 17.6 Å². The maximum atomic E-state index is 10.9. The maximum absolute atomic E-state index is 10.9. The quantitative estimate of drug-likeness (QED) is 0.672. The SMILES string of the molecule is COC(=O)c1ncc(Cl)cc1O. The first-order valence-electron chi connectivity index (χ1n) is 3.08. The molecule has 64 valence electrons. The highest BCUT2D eigenvalue weighted by molar-refractivity contribution is 6.30. The van der Waals surface area contributed by atoms with E-state index in [-0.39, 0.29) is 16.5 Å². The molecule has 0 aliphatic heterocycles. The summed E-state index contributed by atoms with van der Waals surface area (Å²) in [5, 5.41) is 9.41. The number of aromatic nitrogens is 1. The molecule has 0 radical (unpaired) electrons. The van der Waals surface area contributed by atoms with Gasteiger partial charge in [0.05, 0.1) is 12.1 Å². The highest BCUT2D eigenvalue weighted by atomic mass is 35.5. The number of hydrogen-bond donors (Lipinski definition) is 1. The molecule has 0 atom stereocenters. The van der Waals surface area contributed by atoms with Gasteiger partial charge in [0.1, 0.15) is 5.75 Å². The van der Waals surface area contributed by atoms with Crippen molar-refractivity contribution in [1.82, 2.24) is 4.98 Å². The zero-order valence-electron chi connectivity index (χ0n) is 6.24. The number of esters is 1. The summed E-state index contributed by atoms with van der Waals surface area (Å²) in [6, 6.07) is 1.22. The largest absolute Gasteiger partial charge is 0.505 e. The van der Waals surface area contributed by atoms with Crippen LogP contribution in [0.5, 0.6) is 5.75 Å². The summed E-state index contributed by atoms with van der Waals surface area (Å²) < 4.78 is 4.35. The zero-order valence-corrected chi connectivity index (χ0v) is 7.00. The Balaban J connectivity index is 3.09. The molecule has 12 heavy (non-hydrogen) atoms. The van der Waals surface area contributed by atoms with Crippen molar-refractivity contribution in [2.24, 2.45) is 0 Å². The summed E-state index contributed by atoms with van der Waals surface area (Å²) in [6.07, 6.45) is 1.26. The lowest BCUT2D eigenvalue weighted by molar-refractivity contribution is 0.0590. The standard InChI is InChI=1S/C7H6ClNO3/c1-12-7(11)6-5(10)2-4(8)3-9-6/h2-3,10H,1H3. The Hall–Kier alpha value is -1.29. The van der Waals surface area contributed by atoms with Gasteiger partial charge in [-0.05, 0) is 0 Å². The average Bonchev–Trinajstić information content (AvgIpc) is 2.03. The molecule has 1 aromatic rings. The summed E-state index contributed by atoms with van der Waals surface area (Å²) in [5.74, 6) is -0.974. The van der Waals surface area contributed by atoms with Crippen LogP contribution in [0.25, 0.3) is 0 Å². The van der Waals surface area contributed by atoms with E-state index in [0.717, 1.165) is 0 Å². The molecule has 0 aliphatic carbocycles. The summed E-state index contributed by atoms with van der Waals surface area (Å²) >= 11 is 5.49. The predicted octanol–water partition coefficient (Wildman–Crippen LogP) is 1.23. The third-order valence-electron chi connectivity index (χ3n) is 1.21. The van der Waals surface area contributed by atoms with Gasteiger partial charge in [0.2, 0.25) is 0 Å². The molecule has 0 spiro atoms. The van der Waals surface area contributed by atoms with Crippen LogP contribution in [-0.4, -0.2) is 23.2 Å². The smallest absolute Gasteiger partial charge is 0.360 e. The number of nitrogens with zero attached hydrogens (tertiary/aromatic N) is 1. The van der Waals surface area contributed by atoms with Gasteiger partial charge < -0.3 is 9.84 Å². The number of ether oxygens (including phenoxy) is 1. The minimum atomic E-state index is -0.691. The minimum absolute atomic E-state index is 0.137. The van der Waals surface area contributed by atoms with E-state index in [0.29, 0.717) is 0 Å². The highest BCUT2D eigenvalue weighted by Crippen LogP contribution is 2.19. The molecular formula is C7H6ClNO3. The number of aromatic hydroxyl groups is 1. The third kappa shape index (κ3) is 1.65. The Morgan fingerprint density at radius 2 is 2.42 bits per heavy atom. The zero-order chi connectivity index (χ0) is 9.14. The molecule has 0 saturated heterocycles. The van der Waals surface area contributed by atoms with Gasteiger partial charge >= 0.3 is 5.97 Å². The molecule has 0 unspecified atom stereocenters. The second-order valence-corrected chi connectivity index (χ2v) is 2.45. The minimum Gasteiger partial charge on any atom is -0.505 e. The first-order valence-corrected chi connectivity index (χ1v) is 3.45. The van der Waals surface area contributed by atoms with E-state index in [9.17, 15) is 4.79 Å². The Morgan fingerprint density at radius 1 is 1.75 bits per heavy atom. The topological polar surface area (TPSA) is 59.4 Å². The molecule has 1 rings (SSSR count). The first kappa shape index (κ1) is 8.80. The van der Waals surface area contributed by atoms with Crippen LogP contribution in [0.4, 0.5) is 0 Å². The Bertz CT molecular complexity index is 314. The fourth-order valence-corrected chi connectivity index (χ4v) is 0.835. The fourth-order valence-electron chi connectivity index (χ4n) is 0.683. The third-order valence-corrected chi connectivity index (χ3v) is 1.42. The summed E-state index contributed by atoms with van der Waals surface area (Å²) in [6.45, 7) is 0. The molecular weight excluding hydrogens is 182 g/mol. The van der Waals surface area contributed by atoms with Crippen LogP contribution < -0.4 is 0 Å². The van der Waals surface area contributed by atoms with Gasteiger partial charge in [-0.2, -0.15) is 0 Å². The van der Waals surface area contributed by atoms with Gasteiger partial charge in [-0.25, -0.2) is 9.78 Å². The summed E-state index contributed by atoms with van der Waals surface area (Å²) in [5.41, 5.74) is -0.137. The van der Waals surface area contributed by atoms with Gasteiger partial charge in [-0.3, -0.25) is 0 Å². The number of hydrogen-bond acceptors (Lipinski definition) is 4. The molecule has 1 N–H and O–H groups in total. The molecule has 1 heterocycles. The van der Waals surface area contributed by atoms with Crippen molar-refractivity contribution in [2.75, 3.05) is 7.11 Å². The predicted molar refractivity (Wildman–Crippen MR) is 42.3 cm³/mol. The Morgan fingerprint density at radius 3 is 2.92 bits per heavy atom. The van der Waals surface area contributed by atoms with Gasteiger partial charge in [0.15, 0.2) is 5.69 Å². The second kappa shape index (κ2) is 3.40. The normalized spacial score (nSPS) is 9.50. The summed E-state index contributed by atoms with van der Waals surface area (Å²) in [4.78, 5) is 14.4. The van der Waals surface area contributed by atoms with Crippen LogP contribution in [0.2, 0.25) is 5.02 Å².